The number of benzene rings is 1. The van der Waals surface area contributed by atoms with Gasteiger partial charge in [-0.15, -0.1) is 0 Å². The molecule has 0 unspecified atom stereocenters. The van der Waals surface area contributed by atoms with Crippen molar-refractivity contribution < 1.29 is 18.3 Å². The van der Waals surface area contributed by atoms with Gasteiger partial charge in [0.2, 0.25) is 0 Å². The summed E-state index contributed by atoms with van der Waals surface area (Å²) in [5, 5.41) is 4.24. The van der Waals surface area contributed by atoms with Crippen molar-refractivity contribution >= 4 is 23.5 Å². The largest absolute Gasteiger partial charge is 0.486 e. The van der Waals surface area contributed by atoms with E-state index < -0.39 is 5.82 Å². The van der Waals surface area contributed by atoms with Crippen molar-refractivity contribution in [1.82, 2.24) is 9.78 Å². The molecule has 27 heavy (non-hydrogen) atoms. The first-order valence-corrected chi connectivity index (χ1v) is 8.62. The number of ketones is 1. The number of halogens is 2. The smallest absolute Gasteiger partial charge is 0.189 e. The molecule has 2 heterocycles. The van der Waals surface area contributed by atoms with E-state index in [1.54, 1.807) is 36.9 Å². The summed E-state index contributed by atoms with van der Waals surface area (Å²) in [6.45, 7) is 3.81. The second kappa shape index (κ2) is 7.80. The van der Waals surface area contributed by atoms with Gasteiger partial charge in [0.05, 0.1) is 16.3 Å². The fourth-order valence-electron chi connectivity index (χ4n) is 2.65. The summed E-state index contributed by atoms with van der Waals surface area (Å²) in [6.07, 6.45) is 3.06. The highest BCUT2D eigenvalue weighted by molar-refractivity contribution is 6.30. The summed E-state index contributed by atoms with van der Waals surface area (Å²) < 4.78 is 26.0. The monoisotopic (exact) mass is 388 g/mol. The zero-order valence-corrected chi connectivity index (χ0v) is 15.9. The fraction of sp³-hybridized carbons (Fsp3) is 0.200. The zero-order valence-electron chi connectivity index (χ0n) is 15.1. The summed E-state index contributed by atoms with van der Waals surface area (Å²) in [6, 6.07) is 7.61. The van der Waals surface area contributed by atoms with Gasteiger partial charge in [-0.3, -0.25) is 9.48 Å². The molecule has 140 valence electrons. The summed E-state index contributed by atoms with van der Waals surface area (Å²) in [5.74, 6) is 0.897. The van der Waals surface area contributed by atoms with Crippen molar-refractivity contribution in [3.05, 3.63) is 75.7 Å². The lowest BCUT2D eigenvalue weighted by Crippen LogP contribution is -1.99. The Kier molecular flexibility index (Phi) is 5.46. The normalized spacial score (nSPS) is 11.3. The van der Waals surface area contributed by atoms with Gasteiger partial charge in [-0.1, -0.05) is 11.6 Å². The molecule has 5 nitrogen and oxygen atoms in total. The highest BCUT2D eigenvalue weighted by atomic mass is 35.5. The highest BCUT2D eigenvalue weighted by Gasteiger charge is 2.15. The molecular weight excluding hydrogens is 371 g/mol. The third-order valence-corrected chi connectivity index (χ3v) is 4.40. The minimum Gasteiger partial charge on any atom is -0.486 e. The number of hydrogen-bond acceptors (Lipinski definition) is 4. The van der Waals surface area contributed by atoms with Crippen LogP contribution in [0.25, 0.3) is 6.08 Å². The van der Waals surface area contributed by atoms with Crippen LogP contribution in [-0.4, -0.2) is 15.6 Å². The van der Waals surface area contributed by atoms with E-state index in [0.717, 1.165) is 5.69 Å². The van der Waals surface area contributed by atoms with E-state index >= 15 is 0 Å². The van der Waals surface area contributed by atoms with Gasteiger partial charge in [0.25, 0.3) is 0 Å². The first-order chi connectivity index (χ1) is 12.8. The summed E-state index contributed by atoms with van der Waals surface area (Å²) in [4.78, 5) is 12.4. The van der Waals surface area contributed by atoms with Crippen molar-refractivity contribution in [1.29, 1.82) is 0 Å². The summed E-state index contributed by atoms with van der Waals surface area (Å²) in [5.41, 5.74) is 2.10. The van der Waals surface area contributed by atoms with Crippen LogP contribution in [0.4, 0.5) is 4.39 Å². The second-order valence-electron chi connectivity index (χ2n) is 6.04. The fourth-order valence-corrected chi connectivity index (χ4v) is 2.82. The molecule has 0 radical (unpaired) electrons. The van der Waals surface area contributed by atoms with E-state index in [-0.39, 0.29) is 17.4 Å². The Morgan fingerprint density at radius 2 is 2.11 bits per heavy atom. The topological polar surface area (TPSA) is 57.3 Å². The molecule has 0 bridgehead atoms. The first kappa shape index (κ1) is 18.9. The molecule has 0 aliphatic heterocycles. The number of carbonyl (C=O) groups is 1. The molecule has 0 saturated heterocycles. The van der Waals surface area contributed by atoms with Crippen LogP contribution in [0.5, 0.6) is 5.75 Å². The van der Waals surface area contributed by atoms with Crippen molar-refractivity contribution in [2.45, 2.75) is 20.5 Å². The van der Waals surface area contributed by atoms with Crippen LogP contribution >= 0.6 is 11.6 Å². The molecule has 0 spiro atoms. The number of nitrogens with zero attached hydrogens (tertiary/aromatic N) is 2. The van der Waals surface area contributed by atoms with Crippen LogP contribution in [-0.2, 0) is 13.7 Å². The first-order valence-electron chi connectivity index (χ1n) is 8.24. The minimum absolute atomic E-state index is 0.00457. The molecule has 0 aliphatic rings. The van der Waals surface area contributed by atoms with E-state index in [0.29, 0.717) is 28.5 Å². The Bertz CT molecular complexity index is 1020. The summed E-state index contributed by atoms with van der Waals surface area (Å²) >= 11 is 5.72. The van der Waals surface area contributed by atoms with E-state index in [4.69, 9.17) is 20.8 Å². The Labute approximate surface area is 161 Å². The number of carbonyl (C=O) groups excluding carboxylic acids is 1. The van der Waals surface area contributed by atoms with Gasteiger partial charge < -0.3 is 9.15 Å². The Morgan fingerprint density at radius 3 is 2.78 bits per heavy atom. The standard InChI is InChI=1S/C20H18ClFN2O3/c1-12-20(13(2)24(3)23-12)19(25)9-7-14-4-5-16(27-14)11-26-15-6-8-18(22)17(21)10-15/h4-10H,11H2,1-3H3/b9-7+. The van der Waals surface area contributed by atoms with Crippen LogP contribution in [0.2, 0.25) is 5.02 Å². The van der Waals surface area contributed by atoms with Crippen LogP contribution in [0.3, 0.4) is 0 Å². The van der Waals surface area contributed by atoms with E-state index in [1.165, 1.54) is 24.3 Å². The van der Waals surface area contributed by atoms with Gasteiger partial charge in [0.1, 0.15) is 29.7 Å². The zero-order chi connectivity index (χ0) is 19.6. The Morgan fingerprint density at radius 1 is 1.33 bits per heavy atom. The highest BCUT2D eigenvalue weighted by Crippen LogP contribution is 2.22. The molecule has 0 amide bonds. The Hall–Kier alpha value is -2.86. The van der Waals surface area contributed by atoms with Crippen molar-refractivity contribution in [3.8, 4) is 5.75 Å². The lowest BCUT2D eigenvalue weighted by Gasteiger charge is -2.04. The van der Waals surface area contributed by atoms with E-state index in [1.807, 2.05) is 6.92 Å². The van der Waals surface area contributed by atoms with Crippen molar-refractivity contribution in [3.63, 3.8) is 0 Å². The number of aryl methyl sites for hydroxylation is 2. The second-order valence-corrected chi connectivity index (χ2v) is 6.44. The number of furan rings is 1. The lowest BCUT2D eigenvalue weighted by molar-refractivity contribution is 0.104. The average molecular weight is 389 g/mol. The van der Waals surface area contributed by atoms with E-state index in [2.05, 4.69) is 5.10 Å². The predicted octanol–water partition coefficient (Wildman–Crippen LogP) is 4.90. The molecule has 2 aromatic heterocycles. The minimum atomic E-state index is -0.502. The van der Waals surface area contributed by atoms with E-state index in [9.17, 15) is 9.18 Å². The number of hydrogen-bond donors (Lipinski definition) is 0. The Balaban J connectivity index is 1.64. The number of allylic oxidation sites excluding steroid dienone is 1. The molecular formula is C20H18ClFN2O3. The van der Waals surface area contributed by atoms with Crippen LogP contribution in [0.1, 0.15) is 33.3 Å². The van der Waals surface area contributed by atoms with Crippen LogP contribution < -0.4 is 4.74 Å². The van der Waals surface area contributed by atoms with Crippen LogP contribution in [0.15, 0.2) is 40.8 Å². The third-order valence-electron chi connectivity index (χ3n) is 4.11. The maximum atomic E-state index is 13.1. The molecule has 0 fully saturated rings. The quantitative estimate of drug-likeness (QED) is 0.445. The van der Waals surface area contributed by atoms with Gasteiger partial charge in [0, 0.05) is 18.8 Å². The molecule has 0 saturated carbocycles. The van der Waals surface area contributed by atoms with Crippen molar-refractivity contribution in [2.75, 3.05) is 0 Å². The third kappa shape index (κ3) is 4.28. The predicted molar refractivity (Wildman–Crippen MR) is 100 cm³/mol. The lowest BCUT2D eigenvalue weighted by atomic mass is 10.1. The molecule has 0 aliphatic carbocycles. The number of aromatic nitrogens is 2. The molecule has 3 rings (SSSR count). The van der Waals surface area contributed by atoms with Gasteiger partial charge in [-0.2, -0.15) is 5.10 Å². The number of rotatable bonds is 6. The molecule has 0 atom stereocenters. The molecule has 1 aromatic carbocycles. The van der Waals surface area contributed by atoms with Gasteiger partial charge >= 0.3 is 0 Å². The number of ether oxygens (including phenoxy) is 1. The molecule has 3 aromatic rings. The maximum Gasteiger partial charge on any atom is 0.189 e. The maximum absolute atomic E-state index is 13.1. The average Bonchev–Trinajstić information content (AvgIpc) is 3.18. The van der Waals surface area contributed by atoms with Crippen molar-refractivity contribution in [2.24, 2.45) is 7.05 Å². The van der Waals surface area contributed by atoms with Gasteiger partial charge in [0.15, 0.2) is 5.78 Å². The van der Waals surface area contributed by atoms with Gasteiger partial charge in [-0.05, 0) is 50.3 Å². The molecule has 7 heteroatoms. The van der Waals surface area contributed by atoms with Gasteiger partial charge in [-0.25, -0.2) is 4.39 Å². The SMILES string of the molecule is Cc1nn(C)c(C)c1C(=O)/C=C/c1ccc(COc2ccc(F)c(Cl)c2)o1. The van der Waals surface area contributed by atoms with Crippen LogP contribution in [0, 0.1) is 19.7 Å². The molecule has 0 N–H and O–H groups in total. The summed E-state index contributed by atoms with van der Waals surface area (Å²) in [7, 11) is 1.80.